The van der Waals surface area contributed by atoms with E-state index in [1.165, 1.54) is 6.92 Å². The zero-order valence-corrected chi connectivity index (χ0v) is 18.4. The molecule has 166 valence electrons. The van der Waals surface area contributed by atoms with Crippen molar-refractivity contribution in [2.75, 3.05) is 18.5 Å². The molecular formula is C23H30N4O4. The van der Waals surface area contributed by atoms with Gasteiger partial charge in [-0.15, -0.1) is 0 Å². The van der Waals surface area contributed by atoms with Crippen molar-refractivity contribution in [3.8, 4) is 0 Å². The Balaban J connectivity index is 1.92. The lowest BCUT2D eigenvalue weighted by Crippen LogP contribution is -2.17. The minimum Gasteiger partial charge on any atom is -0.466 e. The van der Waals surface area contributed by atoms with Gasteiger partial charge in [-0.25, -0.2) is 9.97 Å². The van der Waals surface area contributed by atoms with Gasteiger partial charge in [0.25, 0.3) is 0 Å². The molecule has 0 saturated heterocycles. The molecule has 0 aliphatic rings. The number of rotatable bonds is 11. The monoisotopic (exact) mass is 426 g/mol. The summed E-state index contributed by atoms with van der Waals surface area (Å²) in [7, 11) is 0. The minimum atomic E-state index is -0.198. The molecule has 31 heavy (non-hydrogen) atoms. The molecule has 3 rings (SSSR count). The summed E-state index contributed by atoms with van der Waals surface area (Å²) in [4.78, 5) is 38.6. The van der Waals surface area contributed by atoms with Crippen LogP contribution in [0.25, 0.3) is 21.9 Å². The molecular weight excluding hydrogens is 396 g/mol. The van der Waals surface area contributed by atoms with Crippen LogP contribution in [-0.4, -0.2) is 39.8 Å². The lowest BCUT2D eigenvalue weighted by atomic mass is 10.2. The number of nitrogens with zero attached hydrogens (tertiary/aromatic N) is 3. The maximum absolute atomic E-state index is 11.7. The SMILES string of the molecule is CCCCc1nc2c(NC(C)=O)nc3ccccc3c2n1OCCCCOC(=O)CC. The van der Waals surface area contributed by atoms with E-state index < -0.39 is 0 Å². The van der Waals surface area contributed by atoms with Crippen molar-refractivity contribution in [3.05, 3.63) is 30.1 Å². The van der Waals surface area contributed by atoms with Gasteiger partial charge in [-0.05, 0) is 25.3 Å². The van der Waals surface area contributed by atoms with Gasteiger partial charge in [-0.1, -0.05) is 38.5 Å². The number of benzene rings is 1. The minimum absolute atomic E-state index is 0.187. The van der Waals surface area contributed by atoms with Gasteiger partial charge in [0.05, 0.1) is 12.1 Å². The number of ether oxygens (including phenoxy) is 1. The van der Waals surface area contributed by atoms with Crippen molar-refractivity contribution in [1.29, 1.82) is 0 Å². The van der Waals surface area contributed by atoms with E-state index >= 15 is 0 Å². The second-order valence-electron chi connectivity index (χ2n) is 7.40. The van der Waals surface area contributed by atoms with Crippen LogP contribution < -0.4 is 10.2 Å². The number of carbonyl (C=O) groups is 2. The van der Waals surface area contributed by atoms with Crippen molar-refractivity contribution in [3.63, 3.8) is 0 Å². The van der Waals surface area contributed by atoms with Gasteiger partial charge in [0.1, 0.15) is 23.5 Å². The van der Waals surface area contributed by atoms with E-state index in [2.05, 4.69) is 17.2 Å². The van der Waals surface area contributed by atoms with Gasteiger partial charge < -0.3 is 14.9 Å². The van der Waals surface area contributed by atoms with Crippen LogP contribution in [0.5, 0.6) is 0 Å². The topological polar surface area (TPSA) is 95.3 Å². The van der Waals surface area contributed by atoms with Gasteiger partial charge in [0, 0.05) is 25.2 Å². The molecule has 0 aliphatic heterocycles. The smallest absolute Gasteiger partial charge is 0.305 e. The maximum atomic E-state index is 11.7. The number of hydrogen-bond donors (Lipinski definition) is 1. The van der Waals surface area contributed by atoms with Gasteiger partial charge in [0.2, 0.25) is 5.91 Å². The summed E-state index contributed by atoms with van der Waals surface area (Å²) in [5.74, 6) is 0.857. The van der Waals surface area contributed by atoms with E-state index in [9.17, 15) is 9.59 Å². The summed E-state index contributed by atoms with van der Waals surface area (Å²) >= 11 is 0. The second-order valence-corrected chi connectivity index (χ2v) is 7.40. The van der Waals surface area contributed by atoms with Crippen LogP contribution in [0.15, 0.2) is 24.3 Å². The number of aromatic nitrogens is 3. The van der Waals surface area contributed by atoms with Gasteiger partial charge in [-0.2, -0.15) is 4.73 Å². The number of anilines is 1. The van der Waals surface area contributed by atoms with Crippen molar-refractivity contribution in [2.24, 2.45) is 0 Å². The molecule has 0 fully saturated rings. The van der Waals surface area contributed by atoms with Crippen molar-refractivity contribution in [1.82, 2.24) is 14.7 Å². The molecule has 3 aromatic rings. The van der Waals surface area contributed by atoms with Crippen molar-refractivity contribution in [2.45, 2.75) is 59.3 Å². The first kappa shape index (κ1) is 22.5. The quantitative estimate of drug-likeness (QED) is 0.367. The molecule has 8 nitrogen and oxygen atoms in total. The highest BCUT2D eigenvalue weighted by molar-refractivity contribution is 6.09. The lowest BCUT2D eigenvalue weighted by molar-refractivity contribution is -0.143. The summed E-state index contributed by atoms with van der Waals surface area (Å²) < 4.78 is 6.91. The first-order valence-electron chi connectivity index (χ1n) is 10.9. The van der Waals surface area contributed by atoms with E-state index in [0.717, 1.165) is 54.3 Å². The van der Waals surface area contributed by atoms with E-state index in [-0.39, 0.29) is 11.9 Å². The molecule has 0 radical (unpaired) electrons. The van der Waals surface area contributed by atoms with Gasteiger partial charge in [0.15, 0.2) is 5.82 Å². The summed E-state index contributed by atoms with van der Waals surface area (Å²) in [5, 5.41) is 3.72. The first-order valence-corrected chi connectivity index (χ1v) is 10.9. The Hall–Kier alpha value is -3.16. The predicted molar refractivity (Wildman–Crippen MR) is 120 cm³/mol. The van der Waals surface area contributed by atoms with Crippen LogP contribution in [0.2, 0.25) is 0 Å². The highest BCUT2D eigenvalue weighted by atomic mass is 16.7. The Morgan fingerprint density at radius 3 is 2.58 bits per heavy atom. The zero-order valence-electron chi connectivity index (χ0n) is 18.4. The molecule has 0 spiro atoms. The number of aryl methyl sites for hydroxylation is 1. The first-order chi connectivity index (χ1) is 15.0. The molecule has 0 unspecified atom stereocenters. The van der Waals surface area contributed by atoms with Crippen LogP contribution in [0, 0.1) is 0 Å². The Morgan fingerprint density at radius 1 is 1.06 bits per heavy atom. The Kier molecular flexibility index (Phi) is 7.81. The molecule has 0 bridgehead atoms. The lowest BCUT2D eigenvalue weighted by Gasteiger charge is -2.13. The number of amides is 1. The van der Waals surface area contributed by atoms with Crippen LogP contribution in [0.1, 0.15) is 58.7 Å². The Morgan fingerprint density at radius 2 is 1.84 bits per heavy atom. The standard InChI is InChI=1S/C23H30N4O4/c1-4-6-13-19-26-21-22(27(19)31-15-10-9-14-30-20(29)5-2)17-11-7-8-12-18(17)25-23(21)24-16(3)28/h7-8,11-12H,4-6,9-10,13-15H2,1-3H3,(H,24,25,28). The van der Waals surface area contributed by atoms with Gasteiger partial charge >= 0.3 is 5.97 Å². The highest BCUT2D eigenvalue weighted by Crippen LogP contribution is 2.30. The number of esters is 1. The molecule has 1 amide bonds. The van der Waals surface area contributed by atoms with E-state index in [4.69, 9.17) is 14.6 Å². The van der Waals surface area contributed by atoms with Crippen LogP contribution in [-0.2, 0) is 20.7 Å². The number of pyridine rings is 1. The zero-order chi connectivity index (χ0) is 22.2. The fourth-order valence-electron chi connectivity index (χ4n) is 3.33. The normalized spacial score (nSPS) is 11.1. The van der Waals surface area contributed by atoms with Crippen molar-refractivity contribution < 1.29 is 19.2 Å². The summed E-state index contributed by atoms with van der Waals surface area (Å²) in [6, 6.07) is 7.76. The number of imidazole rings is 1. The van der Waals surface area contributed by atoms with E-state index in [1.54, 1.807) is 11.7 Å². The summed E-state index contributed by atoms with van der Waals surface area (Å²) in [5.41, 5.74) is 2.19. The molecule has 1 aromatic carbocycles. The molecule has 2 aromatic heterocycles. The number of hydrogen-bond acceptors (Lipinski definition) is 6. The number of unbranched alkanes of at least 4 members (excludes halogenated alkanes) is 2. The van der Waals surface area contributed by atoms with E-state index in [1.807, 2.05) is 24.3 Å². The summed E-state index contributed by atoms with van der Waals surface area (Å²) in [6.45, 7) is 6.22. The largest absolute Gasteiger partial charge is 0.466 e. The number of nitrogens with one attached hydrogen (secondary N) is 1. The predicted octanol–water partition coefficient (Wildman–Crippen LogP) is 4.05. The summed E-state index contributed by atoms with van der Waals surface area (Å²) in [6.07, 6.45) is 4.61. The maximum Gasteiger partial charge on any atom is 0.305 e. The third-order valence-corrected chi connectivity index (χ3v) is 4.88. The third-order valence-electron chi connectivity index (χ3n) is 4.88. The number of carbonyl (C=O) groups excluding carboxylic acids is 2. The molecule has 8 heteroatoms. The fourth-order valence-corrected chi connectivity index (χ4v) is 3.33. The molecule has 1 N–H and O–H groups in total. The number of para-hydroxylation sites is 1. The average molecular weight is 427 g/mol. The molecule has 0 saturated carbocycles. The molecule has 2 heterocycles. The van der Waals surface area contributed by atoms with Gasteiger partial charge in [-0.3, -0.25) is 9.59 Å². The second kappa shape index (κ2) is 10.7. The van der Waals surface area contributed by atoms with Crippen LogP contribution in [0.4, 0.5) is 5.82 Å². The van der Waals surface area contributed by atoms with Crippen LogP contribution >= 0.6 is 0 Å². The highest BCUT2D eigenvalue weighted by Gasteiger charge is 2.20. The van der Waals surface area contributed by atoms with E-state index in [0.29, 0.717) is 31.0 Å². The molecule has 0 atom stereocenters. The molecule has 0 aliphatic carbocycles. The Labute approximate surface area is 181 Å². The third kappa shape index (κ3) is 5.51. The average Bonchev–Trinajstić information content (AvgIpc) is 3.13. The number of fused-ring (bicyclic) bond motifs is 3. The fraction of sp³-hybridized carbons (Fsp3) is 0.478. The Bertz CT molecular complexity index is 1060. The van der Waals surface area contributed by atoms with Crippen LogP contribution in [0.3, 0.4) is 0 Å². The van der Waals surface area contributed by atoms with Crippen molar-refractivity contribution >= 4 is 39.6 Å².